The predicted octanol–water partition coefficient (Wildman–Crippen LogP) is 3.69. The van der Waals surface area contributed by atoms with E-state index in [-0.39, 0.29) is 11.3 Å². The van der Waals surface area contributed by atoms with E-state index >= 15 is 0 Å². The van der Waals surface area contributed by atoms with Crippen molar-refractivity contribution in [2.45, 2.75) is 40.5 Å². The Morgan fingerprint density at radius 1 is 1.30 bits per heavy atom. The summed E-state index contributed by atoms with van der Waals surface area (Å²) in [5, 5.41) is 15.4. The average molecular weight is 315 g/mol. The van der Waals surface area contributed by atoms with Gasteiger partial charge in [-0.2, -0.15) is 5.10 Å². The summed E-state index contributed by atoms with van der Waals surface area (Å²) in [7, 11) is 0. The van der Waals surface area contributed by atoms with Crippen molar-refractivity contribution in [3.63, 3.8) is 0 Å². The zero-order chi connectivity index (χ0) is 17.1. The maximum absolute atomic E-state index is 12.7. The van der Waals surface area contributed by atoms with Gasteiger partial charge in [0, 0.05) is 11.8 Å². The van der Waals surface area contributed by atoms with Gasteiger partial charge in [-0.05, 0) is 44.2 Å². The molecule has 0 atom stereocenters. The van der Waals surface area contributed by atoms with Crippen LogP contribution in [0.4, 0.5) is 5.69 Å². The van der Waals surface area contributed by atoms with Gasteiger partial charge >= 0.3 is 0 Å². The summed E-state index contributed by atoms with van der Waals surface area (Å²) < 4.78 is 1.29. The standard InChI is InChI=1S/C17H21N3O3/c1-11(2)9-10-14-12(3)18-19(13(14)4)17(21)15-7-5-6-8-16(15)20(22)23/h5-8,11H,9-10H2,1-4H3. The maximum atomic E-state index is 12.7. The van der Waals surface area contributed by atoms with Crippen LogP contribution in [0.1, 0.15) is 47.6 Å². The summed E-state index contributed by atoms with van der Waals surface area (Å²) in [5.41, 5.74) is 2.46. The molecular formula is C17H21N3O3. The third-order valence-electron chi connectivity index (χ3n) is 3.94. The summed E-state index contributed by atoms with van der Waals surface area (Å²) in [6.45, 7) is 8.00. The van der Waals surface area contributed by atoms with E-state index in [2.05, 4.69) is 18.9 Å². The smallest absolute Gasteiger partial charge is 0.266 e. The van der Waals surface area contributed by atoms with Crippen molar-refractivity contribution >= 4 is 11.6 Å². The minimum absolute atomic E-state index is 0.0542. The third kappa shape index (κ3) is 3.47. The number of rotatable bonds is 5. The molecule has 0 saturated carbocycles. The van der Waals surface area contributed by atoms with Crippen LogP contribution in [-0.4, -0.2) is 20.6 Å². The lowest BCUT2D eigenvalue weighted by molar-refractivity contribution is -0.385. The van der Waals surface area contributed by atoms with Gasteiger partial charge in [-0.25, -0.2) is 4.68 Å². The van der Waals surface area contributed by atoms with Crippen LogP contribution in [0.5, 0.6) is 0 Å². The first-order valence-corrected chi connectivity index (χ1v) is 7.66. The van der Waals surface area contributed by atoms with E-state index in [1.165, 1.54) is 16.8 Å². The first-order valence-electron chi connectivity index (χ1n) is 7.66. The highest BCUT2D eigenvalue weighted by Crippen LogP contribution is 2.22. The highest BCUT2D eigenvalue weighted by atomic mass is 16.6. The molecule has 6 nitrogen and oxygen atoms in total. The fourth-order valence-electron chi connectivity index (χ4n) is 2.60. The Kier molecular flexibility index (Phi) is 4.93. The number of nitro benzene ring substituents is 1. The van der Waals surface area contributed by atoms with Gasteiger partial charge in [-0.15, -0.1) is 0 Å². The Morgan fingerprint density at radius 3 is 2.57 bits per heavy atom. The molecule has 0 aliphatic rings. The molecule has 0 radical (unpaired) electrons. The Bertz CT molecular complexity index is 748. The van der Waals surface area contributed by atoms with Crippen LogP contribution in [0.3, 0.4) is 0 Å². The second-order valence-electron chi connectivity index (χ2n) is 6.07. The first kappa shape index (κ1) is 16.9. The normalized spacial score (nSPS) is 11.0. The fourth-order valence-corrected chi connectivity index (χ4v) is 2.60. The Hall–Kier alpha value is -2.50. The van der Waals surface area contributed by atoms with Crippen LogP contribution in [0.15, 0.2) is 24.3 Å². The lowest BCUT2D eigenvalue weighted by Crippen LogP contribution is -2.17. The molecular weight excluding hydrogens is 294 g/mol. The van der Waals surface area contributed by atoms with Gasteiger partial charge in [0.05, 0.1) is 10.6 Å². The molecule has 0 aliphatic carbocycles. The van der Waals surface area contributed by atoms with Crippen LogP contribution in [0.2, 0.25) is 0 Å². The minimum Gasteiger partial charge on any atom is -0.266 e. The predicted molar refractivity (Wildman–Crippen MR) is 87.7 cm³/mol. The number of hydrogen-bond acceptors (Lipinski definition) is 4. The van der Waals surface area contributed by atoms with Gasteiger partial charge in [0.1, 0.15) is 5.56 Å². The number of carbonyl (C=O) groups is 1. The number of hydrogen-bond donors (Lipinski definition) is 0. The molecule has 0 bridgehead atoms. The molecule has 6 heteroatoms. The highest BCUT2D eigenvalue weighted by Gasteiger charge is 2.24. The number of aryl methyl sites for hydroxylation is 1. The monoisotopic (exact) mass is 315 g/mol. The molecule has 2 rings (SSSR count). The van der Waals surface area contributed by atoms with Crippen molar-refractivity contribution in [2.75, 3.05) is 0 Å². The highest BCUT2D eigenvalue weighted by molar-refractivity contribution is 5.99. The van der Waals surface area contributed by atoms with E-state index in [1.54, 1.807) is 12.1 Å². The van der Waals surface area contributed by atoms with Gasteiger partial charge in [0.15, 0.2) is 0 Å². The quantitative estimate of drug-likeness (QED) is 0.622. The molecule has 2 aromatic rings. The van der Waals surface area contributed by atoms with E-state index in [1.807, 2.05) is 13.8 Å². The van der Waals surface area contributed by atoms with Gasteiger partial charge in [-0.3, -0.25) is 14.9 Å². The van der Waals surface area contributed by atoms with Crippen molar-refractivity contribution < 1.29 is 9.72 Å². The van der Waals surface area contributed by atoms with Gasteiger partial charge in [-0.1, -0.05) is 26.0 Å². The SMILES string of the molecule is Cc1nn(C(=O)c2ccccc2[N+](=O)[O-])c(C)c1CCC(C)C. The van der Waals surface area contributed by atoms with Gasteiger partial charge in [0.2, 0.25) is 0 Å². The summed E-state index contributed by atoms with van der Waals surface area (Å²) in [4.78, 5) is 23.3. The number of nitrogens with zero attached hydrogens (tertiary/aromatic N) is 3. The van der Waals surface area contributed by atoms with E-state index < -0.39 is 10.8 Å². The lowest BCUT2D eigenvalue weighted by Gasteiger charge is -2.06. The number of carbonyl (C=O) groups excluding carboxylic acids is 1. The number of nitro groups is 1. The van der Waals surface area contributed by atoms with Crippen LogP contribution in [0.25, 0.3) is 0 Å². The molecule has 1 aromatic carbocycles. The molecule has 1 heterocycles. The minimum atomic E-state index is -0.543. The first-order chi connectivity index (χ1) is 10.8. The largest absolute Gasteiger partial charge is 0.285 e. The molecule has 0 spiro atoms. The van der Waals surface area contributed by atoms with Crippen molar-refractivity contribution in [3.8, 4) is 0 Å². The molecule has 1 aromatic heterocycles. The topological polar surface area (TPSA) is 78.0 Å². The van der Waals surface area contributed by atoms with Gasteiger partial charge < -0.3 is 0 Å². The Balaban J connectivity index is 2.42. The van der Waals surface area contributed by atoms with E-state index in [9.17, 15) is 14.9 Å². The molecule has 0 fully saturated rings. The van der Waals surface area contributed by atoms with Gasteiger partial charge in [0.25, 0.3) is 11.6 Å². The molecule has 0 unspecified atom stereocenters. The van der Waals surface area contributed by atoms with E-state index in [0.29, 0.717) is 5.92 Å². The molecule has 0 N–H and O–H groups in total. The second-order valence-corrected chi connectivity index (χ2v) is 6.07. The third-order valence-corrected chi connectivity index (χ3v) is 3.94. The summed E-state index contributed by atoms with van der Waals surface area (Å²) in [6.07, 6.45) is 1.85. The molecule has 0 aliphatic heterocycles. The van der Waals surface area contributed by atoms with Crippen molar-refractivity contribution in [2.24, 2.45) is 5.92 Å². The summed E-state index contributed by atoms with van der Waals surface area (Å²) in [5.74, 6) is 0.0942. The van der Waals surface area contributed by atoms with Crippen molar-refractivity contribution in [3.05, 3.63) is 56.9 Å². The van der Waals surface area contributed by atoms with Crippen LogP contribution in [-0.2, 0) is 6.42 Å². The van der Waals surface area contributed by atoms with Crippen molar-refractivity contribution in [1.82, 2.24) is 9.78 Å². The molecule has 0 saturated heterocycles. The zero-order valence-electron chi connectivity index (χ0n) is 13.9. The molecule has 122 valence electrons. The molecule has 0 amide bonds. The van der Waals surface area contributed by atoms with E-state index in [0.717, 1.165) is 29.8 Å². The van der Waals surface area contributed by atoms with Crippen LogP contribution in [0, 0.1) is 29.9 Å². The van der Waals surface area contributed by atoms with Crippen molar-refractivity contribution in [1.29, 1.82) is 0 Å². The Morgan fingerprint density at radius 2 is 1.96 bits per heavy atom. The fraction of sp³-hybridized carbons (Fsp3) is 0.412. The van der Waals surface area contributed by atoms with E-state index in [4.69, 9.17) is 0 Å². The van der Waals surface area contributed by atoms with Crippen LogP contribution >= 0.6 is 0 Å². The average Bonchev–Trinajstić information content (AvgIpc) is 2.79. The number of para-hydroxylation sites is 1. The zero-order valence-corrected chi connectivity index (χ0v) is 13.9. The molecule has 23 heavy (non-hydrogen) atoms. The number of aromatic nitrogens is 2. The summed E-state index contributed by atoms with van der Waals surface area (Å²) >= 11 is 0. The van der Waals surface area contributed by atoms with Crippen LogP contribution < -0.4 is 0 Å². The lowest BCUT2D eigenvalue weighted by atomic mass is 10.0. The second kappa shape index (κ2) is 6.73. The Labute approximate surface area is 135 Å². The summed E-state index contributed by atoms with van der Waals surface area (Å²) in [6, 6.07) is 5.96. The maximum Gasteiger partial charge on any atom is 0.285 e. The number of benzene rings is 1.